The van der Waals surface area contributed by atoms with Gasteiger partial charge in [-0.2, -0.15) is 0 Å². The number of hydrogen-bond acceptors (Lipinski definition) is 4. The molecular weight excluding hydrogens is 292 g/mol. The minimum atomic E-state index is -0.425. The van der Waals surface area contributed by atoms with E-state index in [1.54, 1.807) is 4.90 Å². The van der Waals surface area contributed by atoms with Crippen molar-refractivity contribution in [3.63, 3.8) is 0 Å². The second kappa shape index (κ2) is 8.20. The largest absolute Gasteiger partial charge is 0.444 e. The van der Waals surface area contributed by atoms with Gasteiger partial charge in [-0.3, -0.25) is 0 Å². The van der Waals surface area contributed by atoms with Crippen LogP contribution in [0.25, 0.3) is 0 Å². The molecule has 2 aliphatic heterocycles. The van der Waals surface area contributed by atoms with E-state index in [1.165, 1.54) is 12.8 Å². The van der Waals surface area contributed by atoms with Gasteiger partial charge in [-0.15, -0.1) is 12.4 Å². The molecule has 1 unspecified atom stereocenters. The van der Waals surface area contributed by atoms with Crippen molar-refractivity contribution >= 4 is 18.5 Å². The Morgan fingerprint density at radius 1 is 1.24 bits per heavy atom. The number of ether oxygens (including phenoxy) is 2. The predicted octanol–water partition coefficient (Wildman–Crippen LogP) is 2.43. The lowest BCUT2D eigenvalue weighted by Crippen LogP contribution is -2.36. The summed E-state index contributed by atoms with van der Waals surface area (Å²) < 4.78 is 11.4. The van der Waals surface area contributed by atoms with Crippen LogP contribution in [0, 0.1) is 5.92 Å². The molecule has 2 rings (SSSR count). The van der Waals surface area contributed by atoms with Crippen molar-refractivity contribution in [2.24, 2.45) is 5.92 Å². The highest BCUT2D eigenvalue weighted by atomic mass is 35.5. The first-order valence-corrected chi connectivity index (χ1v) is 7.74. The van der Waals surface area contributed by atoms with Crippen molar-refractivity contribution in [3.8, 4) is 0 Å². The van der Waals surface area contributed by atoms with E-state index in [-0.39, 0.29) is 24.6 Å². The predicted molar refractivity (Wildman–Crippen MR) is 85.0 cm³/mol. The summed E-state index contributed by atoms with van der Waals surface area (Å²) in [5.74, 6) is 0.673. The Bertz CT molecular complexity index is 327. The highest BCUT2D eigenvalue weighted by Crippen LogP contribution is 2.19. The molecular formula is C15H29ClN2O3. The molecule has 2 saturated heterocycles. The van der Waals surface area contributed by atoms with Gasteiger partial charge in [0.15, 0.2) is 0 Å². The summed E-state index contributed by atoms with van der Waals surface area (Å²) in [5.41, 5.74) is -0.425. The minimum absolute atomic E-state index is 0. The lowest BCUT2D eigenvalue weighted by molar-refractivity contribution is 0.0126. The third kappa shape index (κ3) is 6.41. The van der Waals surface area contributed by atoms with Gasteiger partial charge in [-0.1, -0.05) is 0 Å². The first kappa shape index (κ1) is 18.5. The normalized spacial score (nSPS) is 23.8. The van der Waals surface area contributed by atoms with Gasteiger partial charge in [-0.25, -0.2) is 4.79 Å². The maximum atomic E-state index is 12.0. The lowest BCUT2D eigenvalue weighted by Gasteiger charge is -2.25. The fourth-order valence-electron chi connectivity index (χ4n) is 2.68. The molecule has 0 aromatic rings. The van der Waals surface area contributed by atoms with Crippen LogP contribution in [0.5, 0.6) is 0 Å². The number of piperidine rings is 1. The zero-order valence-electron chi connectivity index (χ0n) is 13.4. The topological polar surface area (TPSA) is 50.8 Å². The van der Waals surface area contributed by atoms with E-state index in [2.05, 4.69) is 5.32 Å². The Balaban J connectivity index is 0.00000220. The summed E-state index contributed by atoms with van der Waals surface area (Å²) >= 11 is 0. The molecule has 2 fully saturated rings. The number of rotatable bonds is 3. The number of nitrogens with one attached hydrogen (secondary N) is 1. The van der Waals surface area contributed by atoms with Crippen LogP contribution in [0.15, 0.2) is 0 Å². The summed E-state index contributed by atoms with van der Waals surface area (Å²) in [7, 11) is 0. The quantitative estimate of drug-likeness (QED) is 0.867. The molecule has 0 aromatic carbocycles. The Labute approximate surface area is 134 Å². The number of carbonyl (C=O) groups excluding carboxylic acids is 1. The summed E-state index contributed by atoms with van der Waals surface area (Å²) in [5, 5.41) is 3.36. The summed E-state index contributed by atoms with van der Waals surface area (Å²) in [4.78, 5) is 13.7. The average Bonchev–Trinajstić information content (AvgIpc) is 2.84. The monoisotopic (exact) mass is 320 g/mol. The highest BCUT2D eigenvalue weighted by molar-refractivity contribution is 5.85. The zero-order chi connectivity index (χ0) is 14.6. The van der Waals surface area contributed by atoms with Crippen LogP contribution >= 0.6 is 12.4 Å². The fraction of sp³-hybridized carbons (Fsp3) is 0.933. The molecule has 1 N–H and O–H groups in total. The molecule has 2 aliphatic rings. The molecule has 0 aromatic heterocycles. The van der Waals surface area contributed by atoms with Crippen molar-refractivity contribution in [2.75, 3.05) is 32.8 Å². The van der Waals surface area contributed by atoms with Gasteiger partial charge in [0.05, 0.1) is 12.6 Å². The van der Waals surface area contributed by atoms with Gasteiger partial charge < -0.3 is 19.7 Å². The minimum Gasteiger partial charge on any atom is -0.444 e. The van der Waals surface area contributed by atoms with E-state index in [1.807, 2.05) is 20.8 Å². The summed E-state index contributed by atoms with van der Waals surface area (Å²) in [6.45, 7) is 10.1. The Kier molecular flexibility index (Phi) is 7.24. The molecule has 0 aliphatic carbocycles. The van der Waals surface area contributed by atoms with Crippen molar-refractivity contribution in [2.45, 2.75) is 51.7 Å². The van der Waals surface area contributed by atoms with Crippen LogP contribution in [0.1, 0.15) is 40.0 Å². The molecule has 1 amide bonds. The smallest absolute Gasteiger partial charge is 0.410 e. The fourth-order valence-corrected chi connectivity index (χ4v) is 2.68. The van der Waals surface area contributed by atoms with E-state index in [0.29, 0.717) is 12.5 Å². The van der Waals surface area contributed by atoms with E-state index >= 15 is 0 Å². The standard InChI is InChI=1S/C15H28N2O3.ClH/c1-15(2,3)20-14(18)17-9-6-13(10-17)19-11-12-4-7-16-8-5-12;/h12-13,16H,4-11H2,1-3H3;1H. The van der Waals surface area contributed by atoms with Gasteiger partial charge in [0, 0.05) is 13.2 Å². The van der Waals surface area contributed by atoms with Crippen LogP contribution in [0.4, 0.5) is 4.79 Å². The maximum absolute atomic E-state index is 12.0. The van der Waals surface area contributed by atoms with E-state index < -0.39 is 5.60 Å². The molecule has 0 radical (unpaired) electrons. The number of nitrogens with zero attached hydrogens (tertiary/aromatic N) is 1. The van der Waals surface area contributed by atoms with E-state index in [9.17, 15) is 4.79 Å². The van der Waals surface area contributed by atoms with Gasteiger partial charge in [0.1, 0.15) is 5.60 Å². The number of halogens is 1. The molecule has 21 heavy (non-hydrogen) atoms. The maximum Gasteiger partial charge on any atom is 0.410 e. The first-order chi connectivity index (χ1) is 9.44. The SMILES string of the molecule is CC(C)(C)OC(=O)N1CCC(OCC2CCNCC2)C1.Cl. The third-order valence-corrected chi connectivity index (χ3v) is 3.82. The number of hydrogen-bond donors (Lipinski definition) is 1. The molecule has 0 saturated carbocycles. The summed E-state index contributed by atoms with van der Waals surface area (Å²) in [6, 6.07) is 0. The number of carbonyl (C=O) groups is 1. The van der Waals surface area contributed by atoms with Crippen LogP contribution in [0.2, 0.25) is 0 Å². The Morgan fingerprint density at radius 3 is 2.52 bits per heavy atom. The highest BCUT2D eigenvalue weighted by Gasteiger charge is 2.30. The van der Waals surface area contributed by atoms with Crippen LogP contribution < -0.4 is 5.32 Å². The van der Waals surface area contributed by atoms with Crippen LogP contribution in [0.3, 0.4) is 0 Å². The van der Waals surface area contributed by atoms with Crippen molar-refractivity contribution in [3.05, 3.63) is 0 Å². The van der Waals surface area contributed by atoms with Crippen molar-refractivity contribution in [1.82, 2.24) is 10.2 Å². The second-order valence-corrected chi connectivity index (χ2v) is 6.86. The number of likely N-dealkylation sites (tertiary alicyclic amines) is 1. The Hall–Kier alpha value is -0.520. The van der Waals surface area contributed by atoms with Crippen molar-refractivity contribution in [1.29, 1.82) is 0 Å². The zero-order valence-corrected chi connectivity index (χ0v) is 14.2. The molecule has 5 nitrogen and oxygen atoms in total. The molecule has 6 heteroatoms. The molecule has 0 bridgehead atoms. The van der Waals surface area contributed by atoms with E-state index in [4.69, 9.17) is 9.47 Å². The lowest BCUT2D eigenvalue weighted by atomic mass is 9.99. The molecule has 2 heterocycles. The van der Waals surface area contributed by atoms with Gasteiger partial charge in [-0.05, 0) is 59.0 Å². The second-order valence-electron chi connectivity index (χ2n) is 6.86. The van der Waals surface area contributed by atoms with E-state index in [0.717, 1.165) is 32.7 Å². The molecule has 0 spiro atoms. The first-order valence-electron chi connectivity index (χ1n) is 7.74. The van der Waals surface area contributed by atoms with Crippen LogP contribution in [-0.2, 0) is 9.47 Å². The third-order valence-electron chi connectivity index (χ3n) is 3.82. The summed E-state index contributed by atoms with van der Waals surface area (Å²) in [6.07, 6.45) is 3.28. The van der Waals surface area contributed by atoms with Gasteiger partial charge >= 0.3 is 6.09 Å². The van der Waals surface area contributed by atoms with Gasteiger partial charge in [0.25, 0.3) is 0 Å². The average molecular weight is 321 g/mol. The Morgan fingerprint density at radius 2 is 1.90 bits per heavy atom. The molecule has 124 valence electrons. The number of amides is 1. The van der Waals surface area contributed by atoms with Gasteiger partial charge in [0.2, 0.25) is 0 Å². The van der Waals surface area contributed by atoms with Crippen molar-refractivity contribution < 1.29 is 14.3 Å². The van der Waals surface area contributed by atoms with Crippen LogP contribution in [-0.4, -0.2) is 55.5 Å². The molecule has 1 atom stereocenters.